The van der Waals surface area contributed by atoms with Crippen LogP contribution in [0.1, 0.15) is 5.56 Å². The van der Waals surface area contributed by atoms with Gasteiger partial charge < -0.3 is 5.11 Å². The fourth-order valence-electron chi connectivity index (χ4n) is 1.64. The van der Waals surface area contributed by atoms with Crippen molar-refractivity contribution in [2.75, 3.05) is 4.72 Å². The molecular formula is C11H12ClN3O3S. The van der Waals surface area contributed by atoms with E-state index in [1.54, 1.807) is 24.3 Å². The molecule has 0 amide bonds. The maximum Gasteiger partial charge on any atom is 0.280 e. The minimum Gasteiger partial charge on any atom is -0.392 e. The number of nitrogens with one attached hydrogen (secondary N) is 1. The van der Waals surface area contributed by atoms with E-state index >= 15 is 0 Å². The first kappa shape index (κ1) is 13.9. The molecule has 0 radical (unpaired) electrons. The van der Waals surface area contributed by atoms with E-state index in [2.05, 4.69) is 9.82 Å². The summed E-state index contributed by atoms with van der Waals surface area (Å²) in [7, 11) is -2.33. The summed E-state index contributed by atoms with van der Waals surface area (Å²) in [6.45, 7) is -0.165. The summed E-state index contributed by atoms with van der Waals surface area (Å²) in [4.78, 5) is 0. The Labute approximate surface area is 115 Å². The van der Waals surface area contributed by atoms with E-state index in [1.165, 1.54) is 17.9 Å². The predicted molar refractivity (Wildman–Crippen MR) is 71.4 cm³/mol. The van der Waals surface area contributed by atoms with E-state index < -0.39 is 10.0 Å². The molecule has 0 aliphatic carbocycles. The van der Waals surface area contributed by atoms with Crippen LogP contribution in [0.25, 0.3) is 0 Å². The zero-order valence-electron chi connectivity index (χ0n) is 10.0. The summed E-state index contributed by atoms with van der Waals surface area (Å²) in [6.07, 6.45) is 1.26. The van der Waals surface area contributed by atoms with Gasteiger partial charge in [-0.3, -0.25) is 9.40 Å². The van der Waals surface area contributed by atoms with Crippen molar-refractivity contribution >= 4 is 27.3 Å². The van der Waals surface area contributed by atoms with Crippen molar-refractivity contribution in [2.45, 2.75) is 11.6 Å². The average Bonchev–Trinajstić information content (AvgIpc) is 2.69. The average molecular weight is 302 g/mol. The third-order valence-corrected chi connectivity index (χ3v) is 4.35. The van der Waals surface area contributed by atoms with Gasteiger partial charge >= 0.3 is 0 Å². The third kappa shape index (κ3) is 2.89. The van der Waals surface area contributed by atoms with Gasteiger partial charge in [0, 0.05) is 12.7 Å². The van der Waals surface area contributed by atoms with Crippen molar-refractivity contribution in [3.05, 3.63) is 41.0 Å². The Kier molecular flexibility index (Phi) is 3.79. The third-order valence-electron chi connectivity index (χ3n) is 2.46. The smallest absolute Gasteiger partial charge is 0.280 e. The topological polar surface area (TPSA) is 84.2 Å². The molecule has 0 bridgehead atoms. The molecule has 2 rings (SSSR count). The second-order valence-electron chi connectivity index (χ2n) is 3.89. The fraction of sp³-hybridized carbons (Fsp3) is 0.182. The lowest BCUT2D eigenvalue weighted by Crippen LogP contribution is -2.17. The lowest BCUT2D eigenvalue weighted by atomic mass is 10.2. The van der Waals surface area contributed by atoms with Crippen LogP contribution in [0.4, 0.5) is 5.69 Å². The van der Waals surface area contributed by atoms with Gasteiger partial charge in [0.15, 0.2) is 5.03 Å². The van der Waals surface area contributed by atoms with Crippen LogP contribution in [0.3, 0.4) is 0 Å². The van der Waals surface area contributed by atoms with E-state index in [-0.39, 0.29) is 16.7 Å². The quantitative estimate of drug-likeness (QED) is 0.893. The Morgan fingerprint density at radius 1 is 1.47 bits per heavy atom. The van der Waals surface area contributed by atoms with Gasteiger partial charge in [-0.05, 0) is 17.7 Å². The van der Waals surface area contributed by atoms with Crippen molar-refractivity contribution in [2.24, 2.45) is 7.05 Å². The van der Waals surface area contributed by atoms with Gasteiger partial charge in [0.05, 0.1) is 17.8 Å². The highest BCUT2D eigenvalue weighted by Gasteiger charge is 2.22. The van der Waals surface area contributed by atoms with Crippen LogP contribution in [-0.2, 0) is 23.7 Å². The summed E-state index contributed by atoms with van der Waals surface area (Å²) in [6, 6.07) is 6.46. The Morgan fingerprint density at radius 3 is 2.79 bits per heavy atom. The highest BCUT2D eigenvalue weighted by molar-refractivity contribution is 7.92. The van der Waals surface area contributed by atoms with E-state index in [9.17, 15) is 8.42 Å². The minimum absolute atomic E-state index is 0.0494. The van der Waals surface area contributed by atoms with E-state index in [0.717, 1.165) is 0 Å². The number of hydrogen-bond donors (Lipinski definition) is 2. The van der Waals surface area contributed by atoms with Crippen LogP contribution in [0, 0.1) is 0 Å². The maximum atomic E-state index is 12.2. The van der Waals surface area contributed by atoms with Crippen LogP contribution < -0.4 is 4.72 Å². The molecule has 1 aromatic carbocycles. The largest absolute Gasteiger partial charge is 0.392 e. The lowest BCUT2D eigenvalue weighted by Gasteiger charge is -2.09. The molecule has 0 unspecified atom stereocenters. The molecule has 0 saturated carbocycles. The minimum atomic E-state index is -3.82. The van der Waals surface area contributed by atoms with Crippen molar-refractivity contribution < 1.29 is 13.5 Å². The second kappa shape index (κ2) is 5.20. The fourth-order valence-corrected chi connectivity index (χ4v) is 3.35. The van der Waals surface area contributed by atoms with Gasteiger partial charge in [-0.25, -0.2) is 0 Å². The van der Waals surface area contributed by atoms with E-state index in [0.29, 0.717) is 11.3 Å². The summed E-state index contributed by atoms with van der Waals surface area (Å²) in [5, 5.41) is 12.7. The summed E-state index contributed by atoms with van der Waals surface area (Å²) in [5.41, 5.74) is 0.958. The number of hydrogen-bond acceptors (Lipinski definition) is 4. The summed E-state index contributed by atoms with van der Waals surface area (Å²) < 4.78 is 27.9. The van der Waals surface area contributed by atoms with Gasteiger partial charge in [-0.1, -0.05) is 23.7 Å². The molecular weight excluding hydrogens is 290 g/mol. The van der Waals surface area contributed by atoms with Crippen LogP contribution >= 0.6 is 11.6 Å². The zero-order chi connectivity index (χ0) is 14.0. The Hall–Kier alpha value is -1.57. The molecule has 0 saturated heterocycles. The number of nitrogens with zero attached hydrogens (tertiary/aromatic N) is 2. The number of benzene rings is 1. The van der Waals surface area contributed by atoms with Gasteiger partial charge in [0.1, 0.15) is 0 Å². The highest BCUT2D eigenvalue weighted by atomic mass is 35.5. The van der Waals surface area contributed by atoms with Gasteiger partial charge in [0.25, 0.3) is 10.0 Å². The molecule has 0 aliphatic rings. The van der Waals surface area contributed by atoms with E-state index in [1.807, 2.05) is 0 Å². The molecule has 8 heteroatoms. The van der Waals surface area contributed by atoms with Crippen LogP contribution in [-0.4, -0.2) is 23.3 Å². The number of rotatable bonds is 4. The Balaban J connectivity index is 2.36. The van der Waals surface area contributed by atoms with Crippen LogP contribution in [0.5, 0.6) is 0 Å². The van der Waals surface area contributed by atoms with Crippen molar-refractivity contribution in [3.8, 4) is 0 Å². The number of aliphatic hydroxyl groups excluding tert-OH is 1. The molecule has 2 aromatic rings. The SMILES string of the molecule is Cn1ncc(Cl)c1S(=O)(=O)Nc1cccc(CO)c1. The number of halogens is 1. The highest BCUT2D eigenvalue weighted by Crippen LogP contribution is 2.23. The maximum absolute atomic E-state index is 12.2. The first-order valence-corrected chi connectivity index (χ1v) is 7.20. The normalized spacial score (nSPS) is 11.5. The molecule has 0 fully saturated rings. The van der Waals surface area contributed by atoms with Gasteiger partial charge in [-0.2, -0.15) is 13.5 Å². The van der Waals surface area contributed by atoms with Crippen molar-refractivity contribution in [3.63, 3.8) is 0 Å². The first-order valence-electron chi connectivity index (χ1n) is 5.34. The molecule has 0 spiro atoms. The molecule has 102 valence electrons. The van der Waals surface area contributed by atoms with Gasteiger partial charge in [-0.15, -0.1) is 0 Å². The number of aliphatic hydroxyl groups is 1. The Bertz CT molecular complexity index is 677. The van der Waals surface area contributed by atoms with Crippen molar-refractivity contribution in [1.82, 2.24) is 9.78 Å². The molecule has 1 heterocycles. The van der Waals surface area contributed by atoms with E-state index in [4.69, 9.17) is 16.7 Å². The Morgan fingerprint density at radius 2 is 2.21 bits per heavy atom. The second-order valence-corrected chi connectivity index (χ2v) is 5.89. The predicted octanol–water partition coefficient (Wildman–Crippen LogP) is 1.37. The molecule has 0 aliphatic heterocycles. The number of aromatic nitrogens is 2. The number of sulfonamides is 1. The van der Waals surface area contributed by atoms with Crippen molar-refractivity contribution in [1.29, 1.82) is 0 Å². The summed E-state index contributed by atoms with van der Waals surface area (Å²) >= 11 is 5.81. The molecule has 1 aromatic heterocycles. The van der Waals surface area contributed by atoms with Crippen LogP contribution in [0.15, 0.2) is 35.5 Å². The number of anilines is 1. The molecule has 0 atom stereocenters. The van der Waals surface area contributed by atoms with Crippen LogP contribution in [0.2, 0.25) is 5.02 Å². The molecule has 2 N–H and O–H groups in total. The molecule has 6 nitrogen and oxygen atoms in total. The standard InChI is InChI=1S/C11H12ClN3O3S/c1-15-11(10(12)6-13-15)19(17,18)14-9-4-2-3-8(5-9)7-16/h2-6,14,16H,7H2,1H3. The molecule has 19 heavy (non-hydrogen) atoms. The summed E-state index contributed by atoms with van der Waals surface area (Å²) in [5.74, 6) is 0. The first-order chi connectivity index (χ1) is 8.94. The van der Waals surface area contributed by atoms with Gasteiger partial charge in [0.2, 0.25) is 0 Å². The monoisotopic (exact) mass is 301 g/mol. The number of aryl methyl sites for hydroxylation is 1. The lowest BCUT2D eigenvalue weighted by molar-refractivity contribution is 0.282. The zero-order valence-corrected chi connectivity index (χ0v) is 11.6.